The van der Waals surface area contributed by atoms with E-state index in [1.807, 2.05) is 4.90 Å². The Kier molecular flexibility index (Phi) is 3.77. The van der Waals surface area contributed by atoms with Crippen molar-refractivity contribution in [1.29, 1.82) is 0 Å². The van der Waals surface area contributed by atoms with Crippen molar-refractivity contribution in [2.24, 2.45) is 5.73 Å². The normalized spacial score (nSPS) is 18.8. The van der Waals surface area contributed by atoms with E-state index in [0.29, 0.717) is 35.8 Å². The van der Waals surface area contributed by atoms with Crippen LogP contribution in [-0.4, -0.2) is 36.0 Å². The Hall–Kier alpha value is -1.60. The van der Waals surface area contributed by atoms with Crippen LogP contribution in [0.5, 0.6) is 0 Å². The van der Waals surface area contributed by atoms with Crippen LogP contribution < -0.4 is 16.4 Å². The molecule has 0 saturated carbocycles. The molecule has 1 aromatic rings. The third-order valence-corrected chi connectivity index (χ3v) is 4.51. The van der Waals surface area contributed by atoms with Crippen LogP contribution in [0.3, 0.4) is 0 Å². The molecular formula is C12H17N3O3S. The number of hydrogen-bond donors (Lipinski definition) is 3. The Morgan fingerprint density at radius 3 is 2.68 bits per heavy atom. The maximum atomic E-state index is 11.8. The van der Waals surface area contributed by atoms with E-state index in [0.717, 1.165) is 0 Å². The molecule has 1 aromatic heterocycles. The summed E-state index contributed by atoms with van der Waals surface area (Å²) in [5.74, 6) is -0.740. The minimum atomic E-state index is -0.639. The van der Waals surface area contributed by atoms with Gasteiger partial charge in [-0.1, -0.05) is 6.92 Å². The fourth-order valence-electron chi connectivity index (χ4n) is 2.19. The van der Waals surface area contributed by atoms with Crippen molar-refractivity contribution in [3.05, 3.63) is 10.4 Å². The van der Waals surface area contributed by atoms with Crippen LogP contribution in [0.15, 0.2) is 0 Å². The third kappa shape index (κ3) is 2.43. The molecule has 0 bridgehead atoms. The number of aliphatic hydroxyl groups is 1. The highest BCUT2D eigenvalue weighted by atomic mass is 32.1. The van der Waals surface area contributed by atoms with Crippen LogP contribution in [0, 0.1) is 0 Å². The van der Waals surface area contributed by atoms with Gasteiger partial charge >= 0.3 is 0 Å². The number of anilines is 2. The molecule has 1 aliphatic heterocycles. The highest BCUT2D eigenvalue weighted by molar-refractivity contribution is 7.19. The number of thiophene rings is 1. The van der Waals surface area contributed by atoms with E-state index in [2.05, 4.69) is 0 Å². The van der Waals surface area contributed by atoms with E-state index in [1.165, 1.54) is 11.3 Å². The molecule has 7 heteroatoms. The first kappa shape index (κ1) is 13.8. The number of aliphatic hydroxyl groups excluding tert-OH is 1. The maximum absolute atomic E-state index is 11.8. The molecule has 1 atom stereocenters. The molecule has 0 radical (unpaired) electrons. The Morgan fingerprint density at radius 1 is 1.53 bits per heavy atom. The highest BCUT2D eigenvalue weighted by Gasteiger charge is 2.30. The fourth-order valence-corrected chi connectivity index (χ4v) is 3.46. The second-order valence-corrected chi connectivity index (χ2v) is 5.55. The molecule has 19 heavy (non-hydrogen) atoms. The molecule has 1 unspecified atom stereocenters. The van der Waals surface area contributed by atoms with Gasteiger partial charge in [-0.2, -0.15) is 0 Å². The summed E-state index contributed by atoms with van der Waals surface area (Å²) < 4.78 is 0. The second-order valence-electron chi connectivity index (χ2n) is 4.55. The summed E-state index contributed by atoms with van der Waals surface area (Å²) in [5.41, 5.74) is 11.6. The van der Waals surface area contributed by atoms with Crippen molar-refractivity contribution in [2.75, 3.05) is 23.7 Å². The first-order valence-corrected chi connectivity index (χ1v) is 6.95. The number of ketones is 1. The fraction of sp³-hybridized carbons (Fsp3) is 0.500. The predicted molar refractivity (Wildman–Crippen MR) is 74.7 cm³/mol. The lowest BCUT2D eigenvalue weighted by Gasteiger charge is -2.16. The van der Waals surface area contributed by atoms with Crippen LogP contribution in [0.4, 0.5) is 10.7 Å². The van der Waals surface area contributed by atoms with Gasteiger partial charge < -0.3 is 21.5 Å². The van der Waals surface area contributed by atoms with E-state index < -0.39 is 12.0 Å². The molecule has 0 spiro atoms. The predicted octanol–water partition coefficient (Wildman–Crippen LogP) is 0.593. The first-order chi connectivity index (χ1) is 8.95. The molecule has 0 aromatic carbocycles. The molecule has 1 saturated heterocycles. The average Bonchev–Trinajstić information content (AvgIpc) is 2.92. The Morgan fingerprint density at radius 2 is 2.21 bits per heavy atom. The van der Waals surface area contributed by atoms with E-state index >= 15 is 0 Å². The number of nitrogens with two attached hydrogens (primary N) is 2. The van der Waals surface area contributed by atoms with Gasteiger partial charge in [0.15, 0.2) is 5.78 Å². The summed E-state index contributed by atoms with van der Waals surface area (Å²) >= 11 is 1.19. The zero-order chi connectivity index (χ0) is 14.2. The van der Waals surface area contributed by atoms with Crippen molar-refractivity contribution < 1.29 is 14.7 Å². The molecule has 2 heterocycles. The van der Waals surface area contributed by atoms with Crippen LogP contribution in [0.1, 0.15) is 39.8 Å². The largest absolute Gasteiger partial charge is 0.397 e. The summed E-state index contributed by atoms with van der Waals surface area (Å²) in [4.78, 5) is 25.6. The van der Waals surface area contributed by atoms with Crippen molar-refractivity contribution in [2.45, 2.75) is 25.9 Å². The molecule has 104 valence electrons. The molecular weight excluding hydrogens is 266 g/mol. The highest BCUT2D eigenvalue weighted by Crippen LogP contribution is 2.40. The van der Waals surface area contributed by atoms with Crippen LogP contribution >= 0.6 is 11.3 Å². The van der Waals surface area contributed by atoms with Crippen molar-refractivity contribution in [3.8, 4) is 0 Å². The molecule has 1 fully saturated rings. The summed E-state index contributed by atoms with van der Waals surface area (Å²) in [6.07, 6.45) is 0.535. The van der Waals surface area contributed by atoms with E-state index in [9.17, 15) is 14.7 Å². The third-order valence-electron chi connectivity index (χ3n) is 3.20. The number of rotatable bonds is 4. The maximum Gasteiger partial charge on any atom is 0.253 e. The topological polar surface area (TPSA) is 110 Å². The molecule has 5 N–H and O–H groups in total. The van der Waals surface area contributed by atoms with Crippen molar-refractivity contribution in [1.82, 2.24) is 0 Å². The Labute approximate surface area is 115 Å². The number of nitrogens with zero attached hydrogens (tertiary/aromatic N) is 1. The van der Waals surface area contributed by atoms with Gasteiger partial charge in [0.2, 0.25) is 0 Å². The summed E-state index contributed by atoms with van der Waals surface area (Å²) in [7, 11) is 0. The average molecular weight is 283 g/mol. The summed E-state index contributed by atoms with van der Waals surface area (Å²) in [6, 6.07) is 0. The number of β-amino-alcohol motifs (C(OH)–C–C–N with tert-alkyl or cyclic N) is 1. The molecule has 1 amide bonds. The van der Waals surface area contributed by atoms with Gasteiger partial charge in [0.05, 0.1) is 22.2 Å². The van der Waals surface area contributed by atoms with Gasteiger partial charge in [0, 0.05) is 19.5 Å². The summed E-state index contributed by atoms with van der Waals surface area (Å²) in [6.45, 7) is 2.80. The van der Waals surface area contributed by atoms with Gasteiger partial charge in [-0.05, 0) is 6.42 Å². The van der Waals surface area contributed by atoms with Crippen molar-refractivity contribution >= 4 is 33.7 Å². The molecule has 0 aliphatic carbocycles. The van der Waals surface area contributed by atoms with E-state index in [1.54, 1.807) is 6.92 Å². The zero-order valence-corrected chi connectivity index (χ0v) is 11.5. The lowest BCUT2D eigenvalue weighted by molar-refractivity contribution is 0.0991. The van der Waals surface area contributed by atoms with E-state index in [-0.39, 0.29) is 17.0 Å². The SMILES string of the molecule is CCC(=O)c1sc(N2CCC(O)C2)c(C(N)=O)c1N. The standard InChI is InChI=1S/C12H17N3O3S/c1-2-7(17)10-9(13)8(11(14)18)12(19-10)15-4-3-6(16)5-15/h6,16H,2-5,13H2,1H3,(H2,14,18). The Balaban J connectivity index is 2.47. The minimum Gasteiger partial charge on any atom is -0.397 e. The van der Waals surface area contributed by atoms with Crippen molar-refractivity contribution in [3.63, 3.8) is 0 Å². The number of carbonyl (C=O) groups excluding carboxylic acids is 2. The Bertz CT molecular complexity index is 527. The van der Waals surface area contributed by atoms with Gasteiger partial charge in [0.25, 0.3) is 5.91 Å². The van der Waals surface area contributed by atoms with Gasteiger partial charge in [-0.15, -0.1) is 11.3 Å². The lowest BCUT2D eigenvalue weighted by Crippen LogP contribution is -2.24. The first-order valence-electron chi connectivity index (χ1n) is 6.14. The number of carbonyl (C=O) groups is 2. The molecule has 2 rings (SSSR count). The van der Waals surface area contributed by atoms with Gasteiger partial charge in [-0.25, -0.2) is 0 Å². The van der Waals surface area contributed by atoms with Crippen LogP contribution in [0.2, 0.25) is 0 Å². The van der Waals surface area contributed by atoms with Crippen LogP contribution in [-0.2, 0) is 0 Å². The smallest absolute Gasteiger partial charge is 0.253 e. The van der Waals surface area contributed by atoms with Crippen LogP contribution in [0.25, 0.3) is 0 Å². The summed E-state index contributed by atoms with van der Waals surface area (Å²) in [5, 5.41) is 10.2. The minimum absolute atomic E-state index is 0.101. The number of amides is 1. The lowest BCUT2D eigenvalue weighted by atomic mass is 10.1. The monoisotopic (exact) mass is 283 g/mol. The number of Topliss-reactive ketones (excluding diaryl/α,β-unsaturated/α-hetero) is 1. The van der Waals surface area contributed by atoms with Gasteiger partial charge in [0.1, 0.15) is 5.00 Å². The molecule has 6 nitrogen and oxygen atoms in total. The molecule has 1 aliphatic rings. The van der Waals surface area contributed by atoms with Gasteiger partial charge in [-0.3, -0.25) is 9.59 Å². The second kappa shape index (κ2) is 5.18. The van der Waals surface area contributed by atoms with E-state index in [4.69, 9.17) is 11.5 Å². The number of primary amides is 1. The number of hydrogen-bond acceptors (Lipinski definition) is 6. The quantitative estimate of drug-likeness (QED) is 0.701. The number of nitrogen functional groups attached to an aromatic ring is 1. The zero-order valence-electron chi connectivity index (χ0n) is 10.7.